The largest absolute Gasteiger partial charge is 0.481 e. The van der Waals surface area contributed by atoms with Gasteiger partial charge in [-0.25, -0.2) is 0 Å². The average molecular weight is 235 g/mol. The summed E-state index contributed by atoms with van der Waals surface area (Å²) in [5.41, 5.74) is 0. The van der Waals surface area contributed by atoms with Gasteiger partial charge in [-0.1, -0.05) is 33.1 Å². The number of aliphatic carboxylic acids is 1. The van der Waals surface area contributed by atoms with Gasteiger partial charge < -0.3 is 9.94 Å². The Morgan fingerprint density at radius 3 is 2.19 bits per heavy atom. The third-order valence-corrected chi connectivity index (χ3v) is 1.73. The van der Waals surface area contributed by atoms with Crippen molar-refractivity contribution in [3.63, 3.8) is 0 Å². The van der Waals surface area contributed by atoms with Crippen molar-refractivity contribution in [3.05, 3.63) is 10.1 Å². The standard InChI is InChI=1S/C8H15NO5.C2H6/c10-8(11)6-4-2-1-3-5-7-14-9(12)13;1-2/h1-7H2,(H,10,11);1-2H3. The highest BCUT2D eigenvalue weighted by Crippen LogP contribution is 2.05. The van der Waals surface area contributed by atoms with Gasteiger partial charge in [-0.2, -0.15) is 0 Å². The molecule has 0 aromatic heterocycles. The first-order valence-corrected chi connectivity index (χ1v) is 5.62. The van der Waals surface area contributed by atoms with Crippen LogP contribution in [0.4, 0.5) is 0 Å². The van der Waals surface area contributed by atoms with Crippen LogP contribution in [-0.4, -0.2) is 22.8 Å². The molecular formula is C10H21NO5. The Morgan fingerprint density at radius 2 is 1.69 bits per heavy atom. The Morgan fingerprint density at radius 1 is 1.19 bits per heavy atom. The van der Waals surface area contributed by atoms with Gasteiger partial charge in [-0.3, -0.25) is 4.79 Å². The summed E-state index contributed by atoms with van der Waals surface area (Å²) in [6.45, 7) is 4.13. The maximum atomic E-state index is 10.1. The van der Waals surface area contributed by atoms with Gasteiger partial charge in [0.25, 0.3) is 5.09 Å². The topological polar surface area (TPSA) is 89.7 Å². The molecule has 0 aliphatic heterocycles. The van der Waals surface area contributed by atoms with Crippen LogP contribution in [0, 0.1) is 10.1 Å². The molecule has 0 bridgehead atoms. The van der Waals surface area contributed by atoms with Crippen LogP contribution in [0.25, 0.3) is 0 Å². The Hall–Kier alpha value is -1.33. The van der Waals surface area contributed by atoms with E-state index in [9.17, 15) is 14.9 Å². The maximum Gasteiger partial charge on any atom is 0.303 e. The Balaban J connectivity index is 0. The summed E-state index contributed by atoms with van der Waals surface area (Å²) in [4.78, 5) is 24.0. The number of carbonyl (C=O) groups is 1. The molecule has 0 aromatic carbocycles. The van der Waals surface area contributed by atoms with Crippen LogP contribution in [0.3, 0.4) is 0 Å². The maximum absolute atomic E-state index is 10.1. The SMILES string of the molecule is CC.O=C(O)CCCCCCCO[N+](=O)[O-]. The van der Waals surface area contributed by atoms with Crippen LogP contribution >= 0.6 is 0 Å². The summed E-state index contributed by atoms with van der Waals surface area (Å²) in [5.74, 6) is -0.776. The molecule has 0 aliphatic carbocycles. The molecule has 0 spiro atoms. The van der Waals surface area contributed by atoms with Crippen molar-refractivity contribution in [2.75, 3.05) is 6.61 Å². The van der Waals surface area contributed by atoms with Gasteiger partial charge >= 0.3 is 5.97 Å². The van der Waals surface area contributed by atoms with Gasteiger partial charge in [-0.15, -0.1) is 10.1 Å². The van der Waals surface area contributed by atoms with Crippen molar-refractivity contribution in [3.8, 4) is 0 Å². The monoisotopic (exact) mass is 235 g/mol. The summed E-state index contributed by atoms with van der Waals surface area (Å²) < 4.78 is 0. The highest BCUT2D eigenvalue weighted by Gasteiger charge is 1.97. The molecule has 0 saturated heterocycles. The fourth-order valence-electron chi connectivity index (χ4n) is 1.05. The first-order chi connectivity index (χ1) is 7.63. The summed E-state index contributed by atoms with van der Waals surface area (Å²) >= 11 is 0. The normalized spacial score (nSPS) is 8.88. The van der Waals surface area contributed by atoms with E-state index in [0.717, 1.165) is 19.3 Å². The molecule has 0 rings (SSSR count). The van der Waals surface area contributed by atoms with E-state index in [1.165, 1.54) is 0 Å². The molecule has 0 heterocycles. The first-order valence-electron chi connectivity index (χ1n) is 5.62. The second kappa shape index (κ2) is 13.7. The number of carboxylic acids is 1. The second-order valence-corrected chi connectivity index (χ2v) is 2.97. The molecule has 0 saturated carbocycles. The predicted molar refractivity (Wildman–Crippen MR) is 59.6 cm³/mol. The minimum Gasteiger partial charge on any atom is -0.481 e. The molecule has 0 atom stereocenters. The molecule has 1 N–H and O–H groups in total. The summed E-state index contributed by atoms with van der Waals surface area (Å²) in [6.07, 6.45) is 4.11. The van der Waals surface area contributed by atoms with Crippen LogP contribution in [0.5, 0.6) is 0 Å². The molecule has 0 aliphatic rings. The van der Waals surface area contributed by atoms with Crippen LogP contribution < -0.4 is 0 Å². The number of hydrogen-bond acceptors (Lipinski definition) is 4. The van der Waals surface area contributed by atoms with E-state index in [1.54, 1.807) is 0 Å². The van der Waals surface area contributed by atoms with Crippen molar-refractivity contribution < 1.29 is 19.8 Å². The molecular weight excluding hydrogens is 214 g/mol. The number of hydrogen-bond donors (Lipinski definition) is 1. The molecule has 6 heteroatoms. The van der Waals surface area contributed by atoms with E-state index in [-0.39, 0.29) is 13.0 Å². The highest BCUT2D eigenvalue weighted by molar-refractivity contribution is 5.66. The molecule has 6 nitrogen and oxygen atoms in total. The fourth-order valence-corrected chi connectivity index (χ4v) is 1.05. The zero-order valence-electron chi connectivity index (χ0n) is 9.98. The zero-order valence-corrected chi connectivity index (χ0v) is 9.98. The van der Waals surface area contributed by atoms with Crippen molar-refractivity contribution in [2.24, 2.45) is 0 Å². The number of unbranched alkanes of at least 4 members (excludes halogenated alkanes) is 4. The summed E-state index contributed by atoms with van der Waals surface area (Å²) in [5, 5.41) is 17.2. The van der Waals surface area contributed by atoms with E-state index >= 15 is 0 Å². The lowest BCUT2D eigenvalue weighted by atomic mass is 10.1. The Kier molecular flexibility index (Phi) is 14.6. The summed E-state index contributed by atoms with van der Waals surface area (Å²) in [7, 11) is 0. The third kappa shape index (κ3) is 18.5. The zero-order chi connectivity index (χ0) is 12.8. The van der Waals surface area contributed by atoms with Gasteiger partial charge in [0.15, 0.2) is 0 Å². The molecule has 0 aromatic rings. The molecule has 0 fully saturated rings. The van der Waals surface area contributed by atoms with E-state index in [2.05, 4.69) is 4.84 Å². The molecule has 0 unspecified atom stereocenters. The highest BCUT2D eigenvalue weighted by atomic mass is 16.9. The van der Waals surface area contributed by atoms with Crippen LogP contribution in [0.2, 0.25) is 0 Å². The van der Waals surface area contributed by atoms with Crippen molar-refractivity contribution in [1.29, 1.82) is 0 Å². The lowest BCUT2D eigenvalue weighted by Gasteiger charge is -1.99. The average Bonchev–Trinajstić information content (AvgIpc) is 2.24. The second-order valence-electron chi connectivity index (χ2n) is 2.97. The lowest BCUT2D eigenvalue weighted by molar-refractivity contribution is -0.757. The van der Waals surface area contributed by atoms with Gasteiger partial charge in [0, 0.05) is 6.42 Å². The molecule has 0 radical (unpaired) electrons. The first kappa shape index (κ1) is 17.1. The quantitative estimate of drug-likeness (QED) is 0.377. The number of carboxylic acid groups (broad SMARTS) is 1. The fraction of sp³-hybridized carbons (Fsp3) is 0.900. The van der Waals surface area contributed by atoms with Gasteiger partial charge in [0.2, 0.25) is 0 Å². The van der Waals surface area contributed by atoms with Crippen molar-refractivity contribution >= 4 is 5.97 Å². The smallest absolute Gasteiger partial charge is 0.303 e. The minimum atomic E-state index is -0.801. The Bertz CT molecular complexity index is 164. The van der Waals surface area contributed by atoms with Crippen molar-refractivity contribution in [1.82, 2.24) is 0 Å². The lowest BCUT2D eigenvalue weighted by Crippen LogP contribution is -2.01. The Labute approximate surface area is 95.7 Å². The minimum absolute atomic E-state index is 0.131. The van der Waals surface area contributed by atoms with E-state index in [4.69, 9.17) is 5.11 Å². The third-order valence-electron chi connectivity index (χ3n) is 1.73. The number of nitrogens with zero attached hydrogens (tertiary/aromatic N) is 1. The summed E-state index contributed by atoms with van der Waals surface area (Å²) in [6, 6.07) is 0. The van der Waals surface area contributed by atoms with Gasteiger partial charge in [0.05, 0.1) is 6.61 Å². The van der Waals surface area contributed by atoms with E-state index < -0.39 is 11.1 Å². The number of rotatable bonds is 9. The van der Waals surface area contributed by atoms with E-state index in [0.29, 0.717) is 12.8 Å². The van der Waals surface area contributed by atoms with E-state index in [1.807, 2.05) is 13.8 Å². The van der Waals surface area contributed by atoms with Gasteiger partial charge in [0.1, 0.15) is 0 Å². The van der Waals surface area contributed by atoms with Crippen LogP contribution in [0.15, 0.2) is 0 Å². The van der Waals surface area contributed by atoms with Gasteiger partial charge in [-0.05, 0) is 12.8 Å². The van der Waals surface area contributed by atoms with Crippen LogP contribution in [-0.2, 0) is 9.63 Å². The van der Waals surface area contributed by atoms with Crippen molar-refractivity contribution in [2.45, 2.75) is 52.4 Å². The molecule has 0 amide bonds. The molecule has 16 heavy (non-hydrogen) atoms. The predicted octanol–water partition coefficient (Wildman–Crippen LogP) is 2.65. The van der Waals surface area contributed by atoms with Crippen LogP contribution in [0.1, 0.15) is 52.4 Å². The molecule has 96 valence electrons.